The van der Waals surface area contributed by atoms with Crippen molar-refractivity contribution in [3.8, 4) is 11.8 Å². The van der Waals surface area contributed by atoms with Gasteiger partial charge in [-0.3, -0.25) is 9.59 Å². The van der Waals surface area contributed by atoms with Gasteiger partial charge in [0.25, 0.3) is 5.56 Å². The number of benzene rings is 1. The first-order valence-corrected chi connectivity index (χ1v) is 18.7. The molecule has 0 unspecified atom stereocenters. The van der Waals surface area contributed by atoms with Gasteiger partial charge in [0, 0.05) is 52.1 Å². The van der Waals surface area contributed by atoms with Gasteiger partial charge in [-0.15, -0.1) is 0 Å². The number of alkyl halides is 3. The number of anilines is 3. The van der Waals surface area contributed by atoms with E-state index in [9.17, 15) is 22.8 Å². The van der Waals surface area contributed by atoms with Gasteiger partial charge in [0.05, 0.1) is 23.5 Å². The highest BCUT2D eigenvalue weighted by Crippen LogP contribution is 2.36. The van der Waals surface area contributed by atoms with Gasteiger partial charge in [0.15, 0.2) is 0 Å². The fourth-order valence-corrected chi connectivity index (χ4v) is 5.62. The summed E-state index contributed by atoms with van der Waals surface area (Å²) in [7, 11) is -1.41. The molecule has 4 rings (SSSR count). The third kappa shape index (κ3) is 9.79. The molecule has 1 atom stereocenters. The van der Waals surface area contributed by atoms with Crippen LogP contribution in [0.1, 0.15) is 30.4 Å². The lowest BCUT2D eigenvalue weighted by Crippen LogP contribution is -2.40. The number of nitrogens with zero attached hydrogens (tertiary/aromatic N) is 5. The van der Waals surface area contributed by atoms with E-state index in [1.165, 1.54) is 11.1 Å². The van der Waals surface area contributed by atoms with Crippen LogP contribution in [0.3, 0.4) is 0 Å². The Morgan fingerprint density at radius 3 is 2.70 bits per heavy atom. The first-order valence-electron chi connectivity index (χ1n) is 15.0. The summed E-state index contributed by atoms with van der Waals surface area (Å²) in [5, 5.41) is 18.7. The number of halogens is 3. The fraction of sp³-hybridized carbons (Fsp3) is 0.452. The molecule has 0 saturated carbocycles. The average Bonchev–Trinajstić information content (AvgIpc) is 3.47. The van der Waals surface area contributed by atoms with Crippen LogP contribution >= 0.6 is 0 Å². The minimum absolute atomic E-state index is 0.0685. The van der Waals surface area contributed by atoms with Crippen molar-refractivity contribution in [1.29, 1.82) is 5.26 Å². The number of carbonyl (C=O) groups is 1. The van der Waals surface area contributed by atoms with Gasteiger partial charge in [-0.2, -0.15) is 23.5 Å². The number of amides is 1. The molecule has 1 aliphatic heterocycles. The Labute approximate surface area is 266 Å². The zero-order valence-corrected chi connectivity index (χ0v) is 27.1. The average molecular weight is 658 g/mol. The van der Waals surface area contributed by atoms with Crippen LogP contribution in [-0.2, 0) is 22.4 Å². The molecule has 3 aromatic rings. The predicted octanol–water partition coefficient (Wildman–Crippen LogP) is 5.33. The lowest BCUT2D eigenvalue weighted by Gasteiger charge is -2.29. The Bertz CT molecular complexity index is 1590. The normalized spacial score (nSPS) is 15.0. The highest BCUT2D eigenvalue weighted by molar-refractivity contribution is 6.76. The summed E-state index contributed by atoms with van der Waals surface area (Å²) < 4.78 is 54.8. The van der Waals surface area contributed by atoms with Crippen molar-refractivity contribution in [2.45, 2.75) is 63.9 Å². The van der Waals surface area contributed by atoms with Crippen molar-refractivity contribution in [2.75, 3.05) is 41.8 Å². The molecular formula is C31H38F3N7O4Si. The Morgan fingerprint density at radius 1 is 1.20 bits per heavy atom. The second kappa shape index (κ2) is 15.2. The molecular weight excluding hydrogens is 619 g/mol. The van der Waals surface area contributed by atoms with Gasteiger partial charge in [0.1, 0.15) is 36.5 Å². The monoisotopic (exact) mass is 657 g/mol. The highest BCUT2D eigenvalue weighted by atomic mass is 28.3. The van der Waals surface area contributed by atoms with Crippen molar-refractivity contribution >= 4 is 31.2 Å². The molecule has 11 nitrogen and oxygen atoms in total. The lowest BCUT2D eigenvalue weighted by atomic mass is 10.2. The molecule has 0 bridgehead atoms. The summed E-state index contributed by atoms with van der Waals surface area (Å²) in [5.41, 5.74) is -1.84. The second-order valence-electron chi connectivity index (χ2n) is 12.2. The van der Waals surface area contributed by atoms with Crippen molar-refractivity contribution < 1.29 is 27.4 Å². The molecule has 1 aromatic carbocycles. The molecule has 0 aliphatic carbocycles. The van der Waals surface area contributed by atoms with E-state index in [1.807, 2.05) is 6.07 Å². The maximum Gasteiger partial charge on any atom is 0.423 e. The summed E-state index contributed by atoms with van der Waals surface area (Å²) >= 11 is 0. The van der Waals surface area contributed by atoms with Gasteiger partial charge in [-0.05, 0) is 43.2 Å². The summed E-state index contributed by atoms with van der Waals surface area (Å²) in [6.45, 7) is 7.17. The number of nitriles is 1. The van der Waals surface area contributed by atoms with E-state index in [0.717, 1.165) is 16.9 Å². The first kappa shape index (κ1) is 34.5. The Morgan fingerprint density at radius 2 is 2.00 bits per heavy atom. The topological polar surface area (TPSA) is 134 Å². The fourth-order valence-electron chi connectivity index (χ4n) is 4.86. The number of carbonyl (C=O) groups excluding carboxylic acids is 1. The smallest absolute Gasteiger partial charge is 0.423 e. The van der Waals surface area contributed by atoms with Crippen LogP contribution in [0, 0.1) is 11.3 Å². The molecule has 2 aromatic heterocycles. The third-order valence-corrected chi connectivity index (χ3v) is 9.02. The van der Waals surface area contributed by atoms with Gasteiger partial charge < -0.3 is 25.0 Å². The first-order chi connectivity index (χ1) is 21.8. The molecule has 1 fully saturated rings. The number of rotatable bonds is 14. The van der Waals surface area contributed by atoms with E-state index < -0.39 is 31.4 Å². The van der Waals surface area contributed by atoms with Crippen LogP contribution in [0.5, 0.6) is 5.75 Å². The highest BCUT2D eigenvalue weighted by Gasteiger charge is 2.41. The minimum Gasteiger partial charge on any atom is -0.491 e. The van der Waals surface area contributed by atoms with Gasteiger partial charge >= 0.3 is 6.18 Å². The Hall–Kier alpha value is -4.42. The van der Waals surface area contributed by atoms with Crippen molar-refractivity contribution in [2.24, 2.45) is 0 Å². The molecule has 15 heteroatoms. The standard InChI is InChI=1S/C31H38F3N7O4Si/c1-46(2,3)15-14-44-21-41-30(43)29(31(32,33)34)26(19-38-41)40-13-5-7-24(40)20-45-25-8-4-6-23(16-25)39-28(42)11-12-36-27-10-9-22(17-35)18-37-27/h4,6,8-10,16,18-19,24H,5,7,11-15,20-21H2,1-3H3,(H,36,37)(H,39,42)/t24-/m0/s1. The van der Waals surface area contributed by atoms with E-state index in [0.29, 0.717) is 55.4 Å². The maximum atomic E-state index is 14.2. The van der Waals surface area contributed by atoms with E-state index in [4.69, 9.17) is 14.7 Å². The molecule has 0 spiro atoms. The van der Waals surface area contributed by atoms with Crippen LogP contribution in [0.25, 0.3) is 0 Å². The van der Waals surface area contributed by atoms with E-state index in [-0.39, 0.29) is 31.4 Å². The van der Waals surface area contributed by atoms with Crippen LogP contribution < -0.4 is 25.8 Å². The second-order valence-corrected chi connectivity index (χ2v) is 17.8. The van der Waals surface area contributed by atoms with Crippen molar-refractivity contribution in [3.63, 3.8) is 0 Å². The maximum absolute atomic E-state index is 14.2. The van der Waals surface area contributed by atoms with E-state index in [2.05, 4.69) is 40.4 Å². The molecule has 3 heterocycles. The van der Waals surface area contributed by atoms with Gasteiger partial charge in [-0.25, -0.2) is 9.67 Å². The molecule has 1 amide bonds. The van der Waals surface area contributed by atoms with Gasteiger partial charge in [0.2, 0.25) is 5.91 Å². The zero-order chi connectivity index (χ0) is 33.3. The van der Waals surface area contributed by atoms with Crippen LogP contribution in [0.4, 0.5) is 30.4 Å². The third-order valence-electron chi connectivity index (χ3n) is 7.31. The lowest BCUT2D eigenvalue weighted by molar-refractivity contribution is -0.138. The molecule has 246 valence electrons. The van der Waals surface area contributed by atoms with Crippen LogP contribution in [0.2, 0.25) is 25.7 Å². The SMILES string of the molecule is C[Si](C)(C)CCOCn1ncc(N2CCC[C@H]2COc2cccc(NC(=O)CCNc3ccc(C#N)cn3)c2)c(C(F)(F)F)c1=O. The number of pyridine rings is 1. The molecule has 1 saturated heterocycles. The summed E-state index contributed by atoms with van der Waals surface area (Å²) in [6, 6.07) is 12.4. The van der Waals surface area contributed by atoms with E-state index >= 15 is 0 Å². The zero-order valence-electron chi connectivity index (χ0n) is 26.1. The summed E-state index contributed by atoms with van der Waals surface area (Å²) in [4.78, 5) is 31.1. The largest absolute Gasteiger partial charge is 0.491 e. The summed E-state index contributed by atoms with van der Waals surface area (Å²) in [5.74, 6) is 0.734. The van der Waals surface area contributed by atoms with E-state index in [1.54, 1.807) is 36.4 Å². The Kier molecular flexibility index (Phi) is 11.4. The molecule has 2 N–H and O–H groups in total. The predicted molar refractivity (Wildman–Crippen MR) is 171 cm³/mol. The number of ether oxygens (including phenoxy) is 2. The number of hydrogen-bond acceptors (Lipinski definition) is 9. The molecule has 0 radical (unpaired) electrons. The van der Waals surface area contributed by atoms with Crippen molar-refractivity contribution in [3.05, 3.63) is 70.3 Å². The number of aromatic nitrogens is 3. The van der Waals surface area contributed by atoms with Crippen LogP contribution in [-0.4, -0.2) is 61.1 Å². The molecule has 46 heavy (non-hydrogen) atoms. The number of nitrogens with one attached hydrogen (secondary N) is 2. The Balaban J connectivity index is 1.35. The van der Waals surface area contributed by atoms with Crippen LogP contribution in [0.15, 0.2) is 53.6 Å². The number of hydrogen-bond donors (Lipinski definition) is 2. The van der Waals surface area contributed by atoms with Crippen molar-refractivity contribution in [1.82, 2.24) is 14.8 Å². The minimum atomic E-state index is -4.88. The quantitative estimate of drug-likeness (QED) is 0.174. The molecule has 1 aliphatic rings. The summed E-state index contributed by atoms with van der Waals surface area (Å²) in [6.07, 6.45) is -1.01. The van der Waals surface area contributed by atoms with Gasteiger partial charge in [-0.1, -0.05) is 25.7 Å².